The topological polar surface area (TPSA) is 86.2 Å². The Morgan fingerprint density at radius 1 is 1.62 bits per heavy atom. The molecule has 2 heterocycles. The zero-order valence-corrected chi connectivity index (χ0v) is 8.93. The summed E-state index contributed by atoms with van der Waals surface area (Å²) in [6.07, 6.45) is 2.95. The van der Waals surface area contributed by atoms with Crippen LogP contribution in [0.25, 0.3) is 0 Å². The van der Waals surface area contributed by atoms with Crippen LogP contribution < -0.4 is 10.6 Å². The molecule has 1 unspecified atom stereocenters. The first-order valence-electron chi connectivity index (χ1n) is 5.29. The lowest BCUT2D eigenvalue weighted by Gasteiger charge is -2.31. The number of nitrogens with zero attached hydrogens (tertiary/aromatic N) is 3. The lowest BCUT2D eigenvalue weighted by atomic mass is 10.1. The van der Waals surface area contributed by atoms with E-state index >= 15 is 0 Å². The first kappa shape index (κ1) is 10.7. The van der Waals surface area contributed by atoms with Crippen LogP contribution in [0.1, 0.15) is 18.4 Å². The number of β-amino-alcohol motifs (C(OH)–C–C–N with tert-alkyl or cyclic N) is 1. The molecule has 1 aliphatic rings. The van der Waals surface area contributed by atoms with Crippen LogP contribution >= 0.6 is 0 Å². The van der Waals surface area contributed by atoms with E-state index in [0.29, 0.717) is 23.6 Å². The Hall–Kier alpha value is -1.80. The van der Waals surface area contributed by atoms with Gasteiger partial charge < -0.3 is 15.7 Å². The van der Waals surface area contributed by atoms with Crippen LogP contribution in [-0.2, 0) is 0 Å². The monoisotopic (exact) mass is 218 g/mol. The van der Waals surface area contributed by atoms with Gasteiger partial charge in [-0.1, -0.05) is 0 Å². The highest BCUT2D eigenvalue weighted by Crippen LogP contribution is 2.24. The molecular weight excluding hydrogens is 204 g/mol. The summed E-state index contributed by atoms with van der Waals surface area (Å²) < 4.78 is 0. The highest BCUT2D eigenvalue weighted by molar-refractivity contribution is 5.64. The summed E-state index contributed by atoms with van der Waals surface area (Å²) in [5, 5.41) is 18.3. The average molecular weight is 218 g/mol. The minimum absolute atomic E-state index is 0.314. The number of pyridine rings is 1. The smallest absolute Gasteiger partial charge is 0.151 e. The highest BCUT2D eigenvalue weighted by Gasteiger charge is 2.20. The van der Waals surface area contributed by atoms with Crippen molar-refractivity contribution in [2.24, 2.45) is 0 Å². The maximum Gasteiger partial charge on any atom is 0.151 e. The molecule has 1 aromatic rings. The molecule has 2 rings (SSSR count). The standard InChI is InChI=1S/C11H14N4O/c12-5-8-4-10(13)11(14-6-8)15-3-1-2-9(16)7-15/h4,6,9,16H,1-3,7,13H2. The van der Waals surface area contributed by atoms with Gasteiger partial charge in [0.2, 0.25) is 0 Å². The maximum atomic E-state index is 9.57. The largest absolute Gasteiger partial charge is 0.396 e. The van der Waals surface area contributed by atoms with Crippen molar-refractivity contribution in [3.63, 3.8) is 0 Å². The Morgan fingerprint density at radius 2 is 2.44 bits per heavy atom. The number of hydrogen-bond donors (Lipinski definition) is 2. The normalized spacial score (nSPS) is 20.5. The van der Waals surface area contributed by atoms with E-state index in [1.54, 1.807) is 6.07 Å². The van der Waals surface area contributed by atoms with Crippen molar-refractivity contribution in [1.29, 1.82) is 5.26 Å². The van der Waals surface area contributed by atoms with Crippen molar-refractivity contribution in [3.05, 3.63) is 17.8 Å². The third-order valence-electron chi connectivity index (χ3n) is 2.72. The number of aliphatic hydroxyl groups excluding tert-OH is 1. The van der Waals surface area contributed by atoms with E-state index in [4.69, 9.17) is 11.0 Å². The van der Waals surface area contributed by atoms with E-state index in [1.807, 2.05) is 11.0 Å². The fraction of sp³-hybridized carbons (Fsp3) is 0.455. The van der Waals surface area contributed by atoms with Gasteiger partial charge in [0.05, 0.1) is 17.4 Å². The van der Waals surface area contributed by atoms with Crippen LogP contribution in [0, 0.1) is 11.3 Å². The van der Waals surface area contributed by atoms with Gasteiger partial charge in [0.15, 0.2) is 5.82 Å². The van der Waals surface area contributed by atoms with Gasteiger partial charge in [-0.2, -0.15) is 5.26 Å². The van der Waals surface area contributed by atoms with Crippen molar-refractivity contribution in [2.75, 3.05) is 23.7 Å². The number of piperidine rings is 1. The molecule has 0 amide bonds. The third kappa shape index (κ3) is 2.07. The molecule has 3 N–H and O–H groups in total. The molecule has 0 aromatic carbocycles. The van der Waals surface area contributed by atoms with Crippen molar-refractivity contribution in [1.82, 2.24) is 4.98 Å². The number of rotatable bonds is 1. The number of nitrogen functional groups attached to an aromatic ring is 1. The Morgan fingerprint density at radius 3 is 3.06 bits per heavy atom. The fourth-order valence-corrected chi connectivity index (χ4v) is 1.95. The van der Waals surface area contributed by atoms with Gasteiger partial charge in [-0.15, -0.1) is 0 Å². The molecule has 5 nitrogen and oxygen atoms in total. The number of aliphatic hydroxyl groups is 1. The second-order valence-electron chi connectivity index (χ2n) is 3.99. The van der Waals surface area contributed by atoms with E-state index in [0.717, 1.165) is 19.4 Å². The predicted molar refractivity (Wildman–Crippen MR) is 60.8 cm³/mol. The molecule has 0 bridgehead atoms. The van der Waals surface area contributed by atoms with Gasteiger partial charge in [0.25, 0.3) is 0 Å². The summed E-state index contributed by atoms with van der Waals surface area (Å²) >= 11 is 0. The van der Waals surface area contributed by atoms with Crippen LogP contribution in [0.5, 0.6) is 0 Å². The van der Waals surface area contributed by atoms with Gasteiger partial charge in [-0.3, -0.25) is 0 Å². The Balaban J connectivity index is 2.23. The number of nitriles is 1. The van der Waals surface area contributed by atoms with Crippen molar-refractivity contribution < 1.29 is 5.11 Å². The lowest BCUT2D eigenvalue weighted by Crippen LogP contribution is -2.39. The van der Waals surface area contributed by atoms with Crippen LogP contribution in [0.3, 0.4) is 0 Å². The summed E-state index contributed by atoms with van der Waals surface area (Å²) in [5.74, 6) is 0.665. The van der Waals surface area contributed by atoms with Crippen LogP contribution in [0.4, 0.5) is 11.5 Å². The first-order chi connectivity index (χ1) is 7.70. The molecular formula is C11H14N4O. The molecule has 0 radical (unpaired) electrons. The molecule has 16 heavy (non-hydrogen) atoms. The molecule has 5 heteroatoms. The van der Waals surface area contributed by atoms with Crippen molar-refractivity contribution >= 4 is 11.5 Å². The zero-order valence-electron chi connectivity index (χ0n) is 8.93. The van der Waals surface area contributed by atoms with E-state index in [1.165, 1.54) is 6.20 Å². The van der Waals surface area contributed by atoms with Gasteiger partial charge in [-0.25, -0.2) is 4.98 Å². The molecule has 0 aliphatic carbocycles. The van der Waals surface area contributed by atoms with E-state index in [-0.39, 0.29) is 6.10 Å². The van der Waals surface area contributed by atoms with Gasteiger partial charge >= 0.3 is 0 Å². The maximum absolute atomic E-state index is 9.57. The second-order valence-corrected chi connectivity index (χ2v) is 3.99. The van der Waals surface area contributed by atoms with Crippen LogP contribution in [0.2, 0.25) is 0 Å². The van der Waals surface area contributed by atoms with Crippen molar-refractivity contribution in [3.8, 4) is 6.07 Å². The number of aromatic nitrogens is 1. The second kappa shape index (κ2) is 4.37. The molecule has 1 aliphatic heterocycles. The molecule has 1 saturated heterocycles. The van der Waals surface area contributed by atoms with E-state index in [9.17, 15) is 5.11 Å². The Labute approximate surface area is 94.1 Å². The molecule has 84 valence electrons. The van der Waals surface area contributed by atoms with Gasteiger partial charge in [-0.05, 0) is 18.9 Å². The van der Waals surface area contributed by atoms with E-state index in [2.05, 4.69) is 4.98 Å². The van der Waals surface area contributed by atoms with Crippen LogP contribution in [-0.4, -0.2) is 29.3 Å². The summed E-state index contributed by atoms with van der Waals surface area (Å²) in [7, 11) is 0. The highest BCUT2D eigenvalue weighted by atomic mass is 16.3. The van der Waals surface area contributed by atoms with Crippen LogP contribution in [0.15, 0.2) is 12.3 Å². The van der Waals surface area contributed by atoms with Gasteiger partial charge in [0.1, 0.15) is 6.07 Å². The minimum Gasteiger partial charge on any atom is -0.396 e. The average Bonchev–Trinajstić information content (AvgIpc) is 2.28. The number of anilines is 2. The minimum atomic E-state index is -0.314. The predicted octanol–water partition coefficient (Wildman–Crippen LogP) is 0.497. The molecule has 1 fully saturated rings. The zero-order chi connectivity index (χ0) is 11.5. The summed E-state index contributed by atoms with van der Waals surface area (Å²) in [4.78, 5) is 6.14. The molecule has 0 saturated carbocycles. The van der Waals surface area contributed by atoms with Crippen molar-refractivity contribution in [2.45, 2.75) is 18.9 Å². The molecule has 0 spiro atoms. The first-order valence-corrected chi connectivity index (χ1v) is 5.29. The Bertz CT molecular complexity index is 426. The third-order valence-corrected chi connectivity index (χ3v) is 2.72. The number of hydrogen-bond acceptors (Lipinski definition) is 5. The molecule has 1 aromatic heterocycles. The summed E-state index contributed by atoms with van der Waals surface area (Å²) in [5.41, 5.74) is 6.79. The van der Waals surface area contributed by atoms with Gasteiger partial charge in [0, 0.05) is 19.3 Å². The number of nitrogens with two attached hydrogens (primary N) is 1. The summed E-state index contributed by atoms with van der Waals surface area (Å²) in [6, 6.07) is 3.61. The van der Waals surface area contributed by atoms with E-state index < -0.39 is 0 Å². The SMILES string of the molecule is N#Cc1cnc(N2CCCC(O)C2)c(N)c1. The quantitative estimate of drug-likeness (QED) is 0.716. The summed E-state index contributed by atoms with van der Waals surface area (Å²) in [6.45, 7) is 1.41. The molecule has 1 atom stereocenters. The Kier molecular flexibility index (Phi) is 2.93. The fourth-order valence-electron chi connectivity index (χ4n) is 1.95. The lowest BCUT2D eigenvalue weighted by molar-refractivity contribution is 0.154.